The molecule has 102 valence electrons. The second-order valence-electron chi connectivity index (χ2n) is 4.14. The van der Waals surface area contributed by atoms with E-state index in [1.54, 1.807) is 13.0 Å². The molecule has 0 aliphatic heterocycles. The molecule has 1 rings (SSSR count). The van der Waals surface area contributed by atoms with E-state index in [9.17, 15) is 4.79 Å². The van der Waals surface area contributed by atoms with E-state index in [0.717, 1.165) is 0 Å². The van der Waals surface area contributed by atoms with Crippen molar-refractivity contribution in [2.45, 2.75) is 19.0 Å². The van der Waals surface area contributed by atoms with Crippen LogP contribution in [0.15, 0.2) is 10.5 Å². The Morgan fingerprint density at radius 2 is 1.89 bits per heavy atom. The number of furan rings is 1. The van der Waals surface area contributed by atoms with Crippen molar-refractivity contribution in [1.82, 2.24) is 5.32 Å². The molecule has 0 spiro atoms. The zero-order chi connectivity index (χ0) is 13.8. The van der Waals surface area contributed by atoms with E-state index in [1.165, 1.54) is 0 Å². The first kappa shape index (κ1) is 14.7. The highest BCUT2D eigenvalue weighted by Crippen LogP contribution is 2.15. The fraction of sp³-hybridized carbons (Fsp3) is 0.545. The minimum absolute atomic E-state index is 0.0931. The van der Waals surface area contributed by atoms with Crippen LogP contribution in [0.3, 0.4) is 0 Å². The number of aliphatic hydroxyl groups excluding tert-OH is 3. The fourth-order valence-electron chi connectivity index (χ4n) is 1.44. The van der Waals surface area contributed by atoms with Crippen LogP contribution in [-0.4, -0.2) is 51.8 Å². The summed E-state index contributed by atoms with van der Waals surface area (Å²) >= 11 is 0. The van der Waals surface area contributed by atoms with Crippen LogP contribution in [0, 0.1) is 6.92 Å². The lowest BCUT2D eigenvalue weighted by Crippen LogP contribution is -2.54. The van der Waals surface area contributed by atoms with Gasteiger partial charge >= 0.3 is 5.97 Å². The molecular formula is C11H17NO6. The highest BCUT2D eigenvalue weighted by atomic mass is 16.4. The predicted molar refractivity (Wildman–Crippen MR) is 61.2 cm³/mol. The number of carboxylic acid groups (broad SMARTS) is 1. The predicted octanol–water partition coefficient (Wildman–Crippen LogP) is -0.908. The van der Waals surface area contributed by atoms with E-state index >= 15 is 0 Å². The summed E-state index contributed by atoms with van der Waals surface area (Å²) in [6.07, 6.45) is 0. The molecule has 7 heteroatoms. The molecule has 0 radical (unpaired) electrons. The summed E-state index contributed by atoms with van der Waals surface area (Å²) in [4.78, 5) is 10.8. The van der Waals surface area contributed by atoms with Crippen molar-refractivity contribution in [3.8, 4) is 0 Å². The number of hydrogen-bond donors (Lipinski definition) is 5. The average Bonchev–Trinajstić information content (AvgIpc) is 2.73. The Kier molecular flexibility index (Phi) is 4.85. The molecule has 0 unspecified atom stereocenters. The first-order valence-corrected chi connectivity index (χ1v) is 5.38. The van der Waals surface area contributed by atoms with Crippen molar-refractivity contribution in [3.63, 3.8) is 0 Å². The van der Waals surface area contributed by atoms with E-state index in [-0.39, 0.29) is 12.3 Å². The molecule has 0 aliphatic carbocycles. The molecule has 0 saturated carbocycles. The Hall–Kier alpha value is -1.41. The standard InChI is InChI=1S/C11H17NO6/c1-7-2-8(18-9(7)10(16)17)3-12-11(4-13,5-14)6-15/h2,12-15H,3-6H2,1H3,(H,16,17). The molecular weight excluding hydrogens is 242 g/mol. The van der Waals surface area contributed by atoms with Crippen LogP contribution in [0.5, 0.6) is 0 Å². The third-order valence-electron chi connectivity index (χ3n) is 2.71. The van der Waals surface area contributed by atoms with Crippen LogP contribution < -0.4 is 5.32 Å². The van der Waals surface area contributed by atoms with E-state index in [1.807, 2.05) is 0 Å². The lowest BCUT2D eigenvalue weighted by atomic mass is 10.0. The molecule has 1 heterocycles. The summed E-state index contributed by atoms with van der Waals surface area (Å²) in [5, 5.41) is 38.8. The summed E-state index contributed by atoms with van der Waals surface area (Å²) in [6.45, 7) is 0.339. The summed E-state index contributed by atoms with van der Waals surface area (Å²) in [5.41, 5.74) is -0.730. The second kappa shape index (κ2) is 5.96. The Labute approximate surface area is 104 Å². The zero-order valence-electron chi connectivity index (χ0n) is 10.0. The maximum Gasteiger partial charge on any atom is 0.372 e. The maximum atomic E-state index is 10.8. The molecule has 1 aromatic rings. The molecule has 5 N–H and O–H groups in total. The Morgan fingerprint density at radius 3 is 2.28 bits per heavy atom. The summed E-state index contributed by atoms with van der Waals surface area (Å²) < 4.78 is 5.10. The largest absolute Gasteiger partial charge is 0.475 e. The topological polar surface area (TPSA) is 123 Å². The van der Waals surface area contributed by atoms with Gasteiger partial charge in [0.1, 0.15) is 5.76 Å². The number of aromatic carboxylic acids is 1. The van der Waals surface area contributed by atoms with Crippen molar-refractivity contribution in [2.24, 2.45) is 0 Å². The second-order valence-corrected chi connectivity index (χ2v) is 4.14. The third-order valence-corrected chi connectivity index (χ3v) is 2.71. The Balaban J connectivity index is 2.74. The smallest absolute Gasteiger partial charge is 0.372 e. The van der Waals surface area contributed by atoms with Gasteiger partial charge in [0.2, 0.25) is 5.76 Å². The van der Waals surface area contributed by atoms with Crippen LogP contribution in [-0.2, 0) is 6.54 Å². The Morgan fingerprint density at radius 1 is 1.33 bits per heavy atom. The van der Waals surface area contributed by atoms with Gasteiger partial charge in [-0.3, -0.25) is 5.32 Å². The van der Waals surface area contributed by atoms with E-state index in [0.29, 0.717) is 11.3 Å². The number of carbonyl (C=O) groups is 1. The molecule has 7 nitrogen and oxygen atoms in total. The van der Waals surface area contributed by atoms with Gasteiger partial charge in [-0.05, 0) is 13.0 Å². The van der Waals surface area contributed by atoms with Gasteiger partial charge < -0.3 is 24.8 Å². The van der Waals surface area contributed by atoms with Crippen molar-refractivity contribution in [1.29, 1.82) is 0 Å². The lowest BCUT2D eigenvalue weighted by molar-refractivity contribution is 0.0399. The fourth-order valence-corrected chi connectivity index (χ4v) is 1.44. The number of nitrogens with one attached hydrogen (secondary N) is 1. The van der Waals surface area contributed by atoms with Crippen LogP contribution in [0.2, 0.25) is 0 Å². The van der Waals surface area contributed by atoms with Crippen molar-refractivity contribution < 1.29 is 29.6 Å². The van der Waals surface area contributed by atoms with Gasteiger partial charge in [-0.2, -0.15) is 0 Å². The van der Waals surface area contributed by atoms with Gasteiger partial charge in [0.25, 0.3) is 0 Å². The van der Waals surface area contributed by atoms with Crippen LogP contribution in [0.1, 0.15) is 21.9 Å². The maximum absolute atomic E-state index is 10.8. The highest BCUT2D eigenvalue weighted by molar-refractivity contribution is 5.86. The molecule has 0 fully saturated rings. The summed E-state index contributed by atoms with van der Waals surface area (Å²) in [7, 11) is 0. The highest BCUT2D eigenvalue weighted by Gasteiger charge is 2.27. The van der Waals surface area contributed by atoms with E-state index in [2.05, 4.69) is 5.32 Å². The normalized spacial score (nSPS) is 11.8. The number of aliphatic hydroxyl groups is 3. The molecule has 0 saturated heterocycles. The Bertz CT molecular complexity index is 401. The SMILES string of the molecule is Cc1cc(CNC(CO)(CO)CO)oc1C(=O)O. The number of carboxylic acids is 1. The number of aryl methyl sites for hydroxylation is 1. The van der Waals surface area contributed by atoms with Gasteiger partial charge in [-0.25, -0.2) is 4.79 Å². The molecule has 0 aliphatic rings. The van der Waals surface area contributed by atoms with E-state index in [4.69, 9.17) is 24.8 Å². The summed E-state index contributed by atoms with van der Waals surface area (Å²) in [5.74, 6) is -0.949. The van der Waals surface area contributed by atoms with Crippen LogP contribution in [0.25, 0.3) is 0 Å². The first-order chi connectivity index (χ1) is 8.48. The average molecular weight is 259 g/mol. The van der Waals surface area contributed by atoms with Gasteiger partial charge in [0, 0.05) is 5.56 Å². The lowest BCUT2D eigenvalue weighted by Gasteiger charge is -2.28. The monoisotopic (exact) mass is 259 g/mol. The molecule has 0 amide bonds. The minimum atomic E-state index is -1.22. The van der Waals surface area contributed by atoms with Crippen molar-refractivity contribution in [3.05, 3.63) is 23.2 Å². The molecule has 0 aromatic carbocycles. The number of hydrogen-bond acceptors (Lipinski definition) is 6. The summed E-state index contributed by atoms with van der Waals surface area (Å²) in [6, 6.07) is 1.55. The van der Waals surface area contributed by atoms with Gasteiger partial charge in [0.15, 0.2) is 0 Å². The third kappa shape index (κ3) is 3.08. The van der Waals surface area contributed by atoms with Gasteiger partial charge in [0.05, 0.1) is 31.9 Å². The minimum Gasteiger partial charge on any atom is -0.475 e. The van der Waals surface area contributed by atoms with Gasteiger partial charge in [-0.15, -0.1) is 0 Å². The van der Waals surface area contributed by atoms with Gasteiger partial charge in [-0.1, -0.05) is 0 Å². The number of rotatable bonds is 7. The van der Waals surface area contributed by atoms with Crippen LogP contribution >= 0.6 is 0 Å². The molecule has 18 heavy (non-hydrogen) atoms. The van der Waals surface area contributed by atoms with E-state index < -0.39 is 31.3 Å². The molecule has 1 aromatic heterocycles. The van der Waals surface area contributed by atoms with Crippen LogP contribution in [0.4, 0.5) is 0 Å². The molecule has 0 bridgehead atoms. The zero-order valence-corrected chi connectivity index (χ0v) is 10.0. The molecule has 0 atom stereocenters. The van der Waals surface area contributed by atoms with Crippen molar-refractivity contribution >= 4 is 5.97 Å². The first-order valence-electron chi connectivity index (χ1n) is 5.38. The van der Waals surface area contributed by atoms with Crippen molar-refractivity contribution in [2.75, 3.05) is 19.8 Å². The quantitative estimate of drug-likeness (QED) is 0.429.